The van der Waals surface area contributed by atoms with E-state index in [1.165, 1.54) is 0 Å². The van der Waals surface area contributed by atoms with E-state index in [2.05, 4.69) is 10.3 Å². The number of nitrogens with zero attached hydrogens (tertiary/aromatic N) is 3. The number of Topliss-reactive ketones (excluding diaryl/α,β-unsaturated/α-hetero) is 1. The van der Waals surface area contributed by atoms with Crippen LogP contribution < -0.4 is 0 Å². The quantitative estimate of drug-likeness (QED) is 0.776. The molecule has 2 rings (SSSR count). The summed E-state index contributed by atoms with van der Waals surface area (Å²) in [6, 6.07) is 7.96. The van der Waals surface area contributed by atoms with Crippen molar-refractivity contribution in [2.45, 2.75) is 33.6 Å². The van der Waals surface area contributed by atoms with E-state index in [4.69, 9.17) is 0 Å². The van der Waals surface area contributed by atoms with Crippen LogP contribution in [-0.4, -0.2) is 20.8 Å². The van der Waals surface area contributed by atoms with Gasteiger partial charge in [-0.1, -0.05) is 37.3 Å². The first-order chi connectivity index (χ1) is 8.69. The fourth-order valence-corrected chi connectivity index (χ4v) is 2.00. The lowest BCUT2D eigenvalue weighted by Crippen LogP contribution is -2.06. The first-order valence-corrected chi connectivity index (χ1v) is 6.22. The van der Waals surface area contributed by atoms with Gasteiger partial charge in [-0.25, -0.2) is 4.68 Å². The summed E-state index contributed by atoms with van der Waals surface area (Å²) in [5, 5.41) is 8.17. The van der Waals surface area contributed by atoms with Gasteiger partial charge in [0.2, 0.25) is 0 Å². The van der Waals surface area contributed by atoms with Crippen LogP contribution in [0.4, 0.5) is 0 Å². The molecule has 0 unspecified atom stereocenters. The Labute approximate surface area is 107 Å². The van der Waals surface area contributed by atoms with Gasteiger partial charge in [-0.2, -0.15) is 0 Å². The number of aromatic nitrogens is 3. The zero-order chi connectivity index (χ0) is 13.1. The number of ketones is 1. The Kier molecular flexibility index (Phi) is 3.55. The van der Waals surface area contributed by atoms with Crippen LogP contribution in [0.15, 0.2) is 24.3 Å². The largest absolute Gasteiger partial charge is 0.292 e. The predicted octanol–water partition coefficient (Wildman–Crippen LogP) is 2.73. The topological polar surface area (TPSA) is 47.8 Å². The molecule has 0 saturated heterocycles. The first-order valence-electron chi connectivity index (χ1n) is 6.22. The van der Waals surface area contributed by atoms with E-state index in [1.807, 2.05) is 45.0 Å². The summed E-state index contributed by atoms with van der Waals surface area (Å²) in [7, 11) is 0. The lowest BCUT2D eigenvalue weighted by Gasteiger charge is -2.08. The van der Waals surface area contributed by atoms with Gasteiger partial charge < -0.3 is 0 Å². The van der Waals surface area contributed by atoms with E-state index in [-0.39, 0.29) is 5.78 Å². The Morgan fingerprint density at radius 1 is 1.28 bits per heavy atom. The summed E-state index contributed by atoms with van der Waals surface area (Å²) in [5.74, 6) is 0.0479. The van der Waals surface area contributed by atoms with Crippen molar-refractivity contribution in [3.8, 4) is 5.69 Å². The highest BCUT2D eigenvalue weighted by molar-refractivity contribution is 5.95. The van der Waals surface area contributed by atoms with Crippen LogP contribution in [0, 0.1) is 6.92 Å². The van der Waals surface area contributed by atoms with Crippen LogP contribution >= 0.6 is 0 Å². The summed E-state index contributed by atoms with van der Waals surface area (Å²) in [4.78, 5) is 11.8. The van der Waals surface area contributed by atoms with Crippen molar-refractivity contribution in [2.24, 2.45) is 0 Å². The van der Waals surface area contributed by atoms with Gasteiger partial charge in [0, 0.05) is 6.42 Å². The van der Waals surface area contributed by atoms with Crippen molar-refractivity contribution in [3.63, 3.8) is 0 Å². The van der Waals surface area contributed by atoms with Crippen molar-refractivity contribution in [1.29, 1.82) is 0 Å². The molecule has 0 aliphatic heterocycles. The van der Waals surface area contributed by atoms with E-state index < -0.39 is 0 Å². The van der Waals surface area contributed by atoms with Crippen molar-refractivity contribution in [1.82, 2.24) is 15.0 Å². The third-order valence-corrected chi connectivity index (χ3v) is 3.03. The summed E-state index contributed by atoms with van der Waals surface area (Å²) in [6.07, 6.45) is 1.20. The number of hydrogen-bond donors (Lipinski definition) is 0. The normalized spacial score (nSPS) is 10.6. The minimum Gasteiger partial charge on any atom is -0.292 e. The highest BCUT2D eigenvalue weighted by atomic mass is 16.1. The summed E-state index contributed by atoms with van der Waals surface area (Å²) >= 11 is 0. The van der Waals surface area contributed by atoms with E-state index in [0.29, 0.717) is 12.1 Å². The van der Waals surface area contributed by atoms with Gasteiger partial charge in [0.1, 0.15) is 0 Å². The van der Waals surface area contributed by atoms with E-state index in [9.17, 15) is 4.79 Å². The minimum atomic E-state index is 0.0479. The highest BCUT2D eigenvalue weighted by Crippen LogP contribution is 2.17. The second-order valence-electron chi connectivity index (χ2n) is 4.21. The van der Waals surface area contributed by atoms with E-state index >= 15 is 0 Å². The van der Waals surface area contributed by atoms with Crippen LogP contribution in [0.25, 0.3) is 5.69 Å². The SMILES string of the molecule is CCC(=O)c1nnn(-c2ccccc2C)c1CC. The van der Waals surface area contributed by atoms with Crippen LogP contribution in [0.3, 0.4) is 0 Å². The molecule has 0 fully saturated rings. The van der Waals surface area contributed by atoms with Gasteiger partial charge in [-0.3, -0.25) is 4.79 Å². The van der Waals surface area contributed by atoms with Crippen molar-refractivity contribution >= 4 is 5.78 Å². The maximum atomic E-state index is 11.8. The molecule has 0 N–H and O–H groups in total. The first kappa shape index (κ1) is 12.5. The van der Waals surface area contributed by atoms with Crippen LogP contribution in [0.1, 0.15) is 42.0 Å². The number of rotatable bonds is 4. The molecule has 1 heterocycles. The standard InChI is InChI=1S/C14H17N3O/c1-4-11-14(13(18)5-2)15-16-17(11)12-9-7-6-8-10(12)3/h6-9H,4-5H2,1-3H3. The molecule has 18 heavy (non-hydrogen) atoms. The lowest BCUT2D eigenvalue weighted by atomic mass is 10.1. The fourth-order valence-electron chi connectivity index (χ4n) is 2.00. The molecule has 0 spiro atoms. The number of benzene rings is 1. The summed E-state index contributed by atoms with van der Waals surface area (Å²) in [6.45, 7) is 5.88. The average Bonchev–Trinajstić information content (AvgIpc) is 2.81. The minimum absolute atomic E-state index is 0.0479. The summed E-state index contributed by atoms with van der Waals surface area (Å²) < 4.78 is 1.78. The molecule has 0 atom stereocenters. The Balaban J connectivity index is 2.56. The summed E-state index contributed by atoms with van der Waals surface area (Å²) in [5.41, 5.74) is 3.49. The molecule has 0 bridgehead atoms. The number of carbonyl (C=O) groups is 1. The van der Waals surface area contributed by atoms with Gasteiger partial charge in [-0.15, -0.1) is 5.10 Å². The van der Waals surface area contributed by atoms with E-state index in [1.54, 1.807) is 4.68 Å². The van der Waals surface area contributed by atoms with Gasteiger partial charge in [-0.05, 0) is 25.0 Å². The average molecular weight is 243 g/mol. The van der Waals surface area contributed by atoms with Crippen molar-refractivity contribution in [3.05, 3.63) is 41.2 Å². The molecule has 1 aromatic carbocycles. The van der Waals surface area contributed by atoms with Crippen molar-refractivity contribution in [2.75, 3.05) is 0 Å². The molecular formula is C14H17N3O. The van der Waals surface area contributed by atoms with Crippen LogP contribution in [0.5, 0.6) is 0 Å². The van der Waals surface area contributed by atoms with Gasteiger partial charge in [0.25, 0.3) is 0 Å². The molecule has 4 heteroatoms. The third-order valence-electron chi connectivity index (χ3n) is 3.03. The lowest BCUT2D eigenvalue weighted by molar-refractivity contribution is 0.0982. The molecule has 94 valence electrons. The Morgan fingerprint density at radius 3 is 2.61 bits per heavy atom. The molecular weight excluding hydrogens is 226 g/mol. The van der Waals surface area contributed by atoms with E-state index in [0.717, 1.165) is 23.4 Å². The number of hydrogen-bond acceptors (Lipinski definition) is 3. The molecule has 2 aromatic rings. The molecule has 0 radical (unpaired) electrons. The van der Waals surface area contributed by atoms with Crippen LogP contribution in [-0.2, 0) is 6.42 Å². The number of carbonyl (C=O) groups excluding carboxylic acids is 1. The predicted molar refractivity (Wildman–Crippen MR) is 70.1 cm³/mol. The number of para-hydroxylation sites is 1. The van der Waals surface area contributed by atoms with Crippen molar-refractivity contribution < 1.29 is 4.79 Å². The van der Waals surface area contributed by atoms with Crippen LogP contribution in [0.2, 0.25) is 0 Å². The smallest absolute Gasteiger partial charge is 0.184 e. The molecule has 0 saturated carbocycles. The van der Waals surface area contributed by atoms with Gasteiger partial charge >= 0.3 is 0 Å². The van der Waals surface area contributed by atoms with Gasteiger partial charge in [0.05, 0.1) is 11.4 Å². The Morgan fingerprint density at radius 2 is 2.00 bits per heavy atom. The third kappa shape index (κ3) is 2.06. The fraction of sp³-hybridized carbons (Fsp3) is 0.357. The monoisotopic (exact) mass is 243 g/mol. The second-order valence-corrected chi connectivity index (χ2v) is 4.21. The zero-order valence-corrected chi connectivity index (χ0v) is 11.0. The second kappa shape index (κ2) is 5.12. The Hall–Kier alpha value is -1.97. The highest BCUT2D eigenvalue weighted by Gasteiger charge is 2.18. The Bertz CT molecular complexity index is 572. The molecule has 0 aliphatic rings. The zero-order valence-electron chi connectivity index (χ0n) is 11.0. The molecule has 1 aromatic heterocycles. The molecule has 0 amide bonds. The maximum absolute atomic E-state index is 11.8. The number of aryl methyl sites for hydroxylation is 1. The molecule has 0 aliphatic carbocycles. The van der Waals surface area contributed by atoms with Gasteiger partial charge in [0.15, 0.2) is 11.5 Å². The maximum Gasteiger partial charge on any atom is 0.184 e. The molecule has 4 nitrogen and oxygen atoms in total.